The second-order valence-corrected chi connectivity index (χ2v) is 4.35. The molecular formula is C15H10F4O2. The summed E-state index contributed by atoms with van der Waals surface area (Å²) in [6.45, 7) is 1.31. The summed E-state index contributed by atoms with van der Waals surface area (Å²) in [5.74, 6) is -6.38. The van der Waals surface area contributed by atoms with Crippen molar-refractivity contribution in [2.24, 2.45) is 0 Å². The lowest BCUT2D eigenvalue weighted by molar-refractivity contribution is 0.102. The molecule has 0 aliphatic heterocycles. The third kappa shape index (κ3) is 2.61. The molecule has 0 heterocycles. The van der Waals surface area contributed by atoms with Gasteiger partial charge in [0.15, 0.2) is 0 Å². The zero-order valence-corrected chi connectivity index (χ0v) is 11.1. The number of carbonyl (C=O) groups excluding carboxylic acids is 1. The zero-order chi connectivity index (χ0) is 15.7. The number of ether oxygens (including phenoxy) is 1. The van der Waals surface area contributed by atoms with Crippen molar-refractivity contribution in [2.75, 3.05) is 7.11 Å². The van der Waals surface area contributed by atoms with Gasteiger partial charge in [-0.3, -0.25) is 4.79 Å². The van der Waals surface area contributed by atoms with Crippen molar-refractivity contribution in [3.8, 4) is 5.75 Å². The molecule has 0 aromatic heterocycles. The van der Waals surface area contributed by atoms with Crippen molar-refractivity contribution in [1.82, 2.24) is 0 Å². The Morgan fingerprint density at radius 3 is 2.05 bits per heavy atom. The van der Waals surface area contributed by atoms with Crippen molar-refractivity contribution in [2.45, 2.75) is 6.92 Å². The molecule has 0 aliphatic carbocycles. The Labute approximate surface area is 118 Å². The molecule has 2 aromatic rings. The molecule has 0 spiro atoms. The lowest BCUT2D eigenvalue weighted by atomic mass is 9.99. The molecule has 0 saturated heterocycles. The molecule has 2 aromatic carbocycles. The van der Waals surface area contributed by atoms with E-state index in [1.165, 1.54) is 14.0 Å². The summed E-state index contributed by atoms with van der Waals surface area (Å²) in [5, 5.41) is 0. The van der Waals surface area contributed by atoms with Gasteiger partial charge in [-0.25, -0.2) is 17.6 Å². The minimum atomic E-state index is -1.40. The first-order valence-corrected chi connectivity index (χ1v) is 5.89. The predicted octanol–water partition coefficient (Wildman–Crippen LogP) is 3.79. The standard InChI is InChI=1S/C15H10F4O2/c1-7-3-4-9(16)13(14(7)19)15(20)12-10(17)5-8(21-2)6-11(12)18/h3-6H,1-2H3. The van der Waals surface area contributed by atoms with Crippen molar-refractivity contribution in [1.29, 1.82) is 0 Å². The molecule has 0 radical (unpaired) electrons. The summed E-state index contributed by atoms with van der Waals surface area (Å²) in [6, 6.07) is 3.52. The highest BCUT2D eigenvalue weighted by Crippen LogP contribution is 2.26. The molecule has 0 atom stereocenters. The average molecular weight is 298 g/mol. The van der Waals surface area contributed by atoms with Crippen LogP contribution in [0.5, 0.6) is 5.75 Å². The number of halogens is 4. The molecule has 0 amide bonds. The summed E-state index contributed by atoms with van der Waals surface area (Å²) < 4.78 is 59.8. The molecule has 0 aliphatic rings. The van der Waals surface area contributed by atoms with E-state index in [1.807, 2.05) is 0 Å². The fourth-order valence-corrected chi connectivity index (χ4v) is 1.87. The number of hydrogen-bond donors (Lipinski definition) is 0. The molecule has 0 bridgehead atoms. The number of hydrogen-bond acceptors (Lipinski definition) is 2. The molecule has 21 heavy (non-hydrogen) atoms. The van der Waals surface area contributed by atoms with E-state index in [-0.39, 0.29) is 11.3 Å². The minimum Gasteiger partial charge on any atom is -0.497 e. The number of methoxy groups -OCH3 is 1. The molecule has 2 nitrogen and oxygen atoms in total. The Morgan fingerprint density at radius 2 is 1.52 bits per heavy atom. The first kappa shape index (κ1) is 15.0. The van der Waals surface area contributed by atoms with Gasteiger partial charge in [-0.2, -0.15) is 0 Å². The number of rotatable bonds is 3. The average Bonchev–Trinajstić information content (AvgIpc) is 2.42. The maximum absolute atomic E-state index is 13.9. The first-order chi connectivity index (χ1) is 9.86. The highest BCUT2D eigenvalue weighted by atomic mass is 19.1. The Balaban J connectivity index is 2.64. The normalized spacial score (nSPS) is 10.6. The van der Waals surface area contributed by atoms with Crippen LogP contribution in [0.25, 0.3) is 0 Å². The first-order valence-electron chi connectivity index (χ1n) is 5.89. The van der Waals surface area contributed by atoms with Gasteiger partial charge in [-0.1, -0.05) is 6.07 Å². The van der Waals surface area contributed by atoms with E-state index in [0.29, 0.717) is 0 Å². The molecule has 0 saturated carbocycles. The van der Waals surface area contributed by atoms with E-state index in [2.05, 4.69) is 4.74 Å². The van der Waals surface area contributed by atoms with Gasteiger partial charge in [-0.15, -0.1) is 0 Å². The second kappa shape index (κ2) is 5.55. The SMILES string of the molecule is COc1cc(F)c(C(=O)c2c(F)ccc(C)c2F)c(F)c1. The molecule has 0 N–H and O–H groups in total. The molecule has 6 heteroatoms. The van der Waals surface area contributed by atoms with Crippen LogP contribution in [0.4, 0.5) is 17.6 Å². The smallest absolute Gasteiger partial charge is 0.204 e. The van der Waals surface area contributed by atoms with Crippen LogP contribution in [-0.4, -0.2) is 12.9 Å². The predicted molar refractivity (Wildman–Crippen MR) is 67.4 cm³/mol. The third-order valence-corrected chi connectivity index (χ3v) is 2.99. The number of ketones is 1. The topological polar surface area (TPSA) is 26.3 Å². The number of benzene rings is 2. The minimum absolute atomic E-state index is 0.00548. The van der Waals surface area contributed by atoms with Gasteiger partial charge < -0.3 is 4.74 Å². The third-order valence-electron chi connectivity index (χ3n) is 2.99. The zero-order valence-electron chi connectivity index (χ0n) is 11.1. The maximum Gasteiger partial charge on any atom is 0.204 e. The van der Waals surface area contributed by atoms with Crippen LogP contribution in [0.2, 0.25) is 0 Å². The fraction of sp³-hybridized carbons (Fsp3) is 0.133. The molecular weight excluding hydrogens is 288 g/mol. The highest BCUT2D eigenvalue weighted by molar-refractivity contribution is 6.09. The van der Waals surface area contributed by atoms with Crippen LogP contribution in [0.15, 0.2) is 24.3 Å². The van der Waals surface area contributed by atoms with Gasteiger partial charge >= 0.3 is 0 Å². The van der Waals surface area contributed by atoms with Crippen LogP contribution in [0, 0.1) is 30.2 Å². The highest BCUT2D eigenvalue weighted by Gasteiger charge is 2.26. The van der Waals surface area contributed by atoms with Crippen LogP contribution in [0.1, 0.15) is 21.5 Å². The molecule has 0 fully saturated rings. The van der Waals surface area contributed by atoms with Crippen LogP contribution >= 0.6 is 0 Å². The number of aryl methyl sites for hydroxylation is 1. The largest absolute Gasteiger partial charge is 0.497 e. The fourth-order valence-electron chi connectivity index (χ4n) is 1.87. The van der Waals surface area contributed by atoms with Gasteiger partial charge in [0, 0.05) is 12.1 Å². The van der Waals surface area contributed by atoms with E-state index < -0.39 is 40.2 Å². The Bertz CT molecular complexity index is 703. The maximum atomic E-state index is 13.9. The molecule has 0 unspecified atom stereocenters. The quantitative estimate of drug-likeness (QED) is 0.636. The van der Waals surface area contributed by atoms with Crippen molar-refractivity contribution in [3.63, 3.8) is 0 Å². The summed E-state index contributed by atoms with van der Waals surface area (Å²) >= 11 is 0. The van der Waals surface area contributed by atoms with Crippen molar-refractivity contribution >= 4 is 5.78 Å². The Hall–Kier alpha value is -2.37. The monoisotopic (exact) mass is 298 g/mol. The molecule has 110 valence electrons. The van der Waals surface area contributed by atoms with E-state index in [0.717, 1.165) is 24.3 Å². The van der Waals surface area contributed by atoms with E-state index >= 15 is 0 Å². The van der Waals surface area contributed by atoms with E-state index in [9.17, 15) is 22.4 Å². The summed E-state index contributed by atoms with van der Waals surface area (Å²) in [7, 11) is 1.19. The lowest BCUT2D eigenvalue weighted by Crippen LogP contribution is -2.13. The van der Waals surface area contributed by atoms with Crippen molar-refractivity contribution < 1.29 is 27.1 Å². The van der Waals surface area contributed by atoms with Gasteiger partial charge in [-0.05, 0) is 18.6 Å². The van der Waals surface area contributed by atoms with E-state index in [4.69, 9.17) is 0 Å². The van der Waals surface area contributed by atoms with Gasteiger partial charge in [0.25, 0.3) is 0 Å². The Morgan fingerprint density at radius 1 is 0.952 bits per heavy atom. The molecule has 2 rings (SSSR count). The second-order valence-electron chi connectivity index (χ2n) is 4.35. The summed E-state index contributed by atoms with van der Waals surface area (Å²) in [6.07, 6.45) is 0. The summed E-state index contributed by atoms with van der Waals surface area (Å²) in [5.41, 5.74) is -2.02. The van der Waals surface area contributed by atoms with Crippen LogP contribution in [-0.2, 0) is 0 Å². The lowest BCUT2D eigenvalue weighted by Gasteiger charge is -2.09. The van der Waals surface area contributed by atoms with Crippen molar-refractivity contribution in [3.05, 3.63) is 64.2 Å². The Kier molecular flexibility index (Phi) is 3.97. The van der Waals surface area contributed by atoms with Gasteiger partial charge in [0.1, 0.15) is 29.0 Å². The summed E-state index contributed by atoms with van der Waals surface area (Å²) in [4.78, 5) is 12.1. The van der Waals surface area contributed by atoms with E-state index in [1.54, 1.807) is 0 Å². The van der Waals surface area contributed by atoms with Crippen LogP contribution < -0.4 is 4.74 Å². The number of carbonyl (C=O) groups is 1. The van der Waals surface area contributed by atoms with Gasteiger partial charge in [0.05, 0.1) is 18.2 Å². The van der Waals surface area contributed by atoms with Crippen LogP contribution in [0.3, 0.4) is 0 Å². The van der Waals surface area contributed by atoms with Gasteiger partial charge in [0.2, 0.25) is 5.78 Å².